The molecule has 1 unspecified atom stereocenters. The number of furan rings is 1. The fourth-order valence-electron chi connectivity index (χ4n) is 2.68. The second-order valence-corrected chi connectivity index (χ2v) is 7.79. The first-order valence-corrected chi connectivity index (χ1v) is 9.51. The molecule has 8 nitrogen and oxygen atoms in total. The van der Waals surface area contributed by atoms with Crippen LogP contribution in [0.25, 0.3) is 0 Å². The Labute approximate surface area is 149 Å². The second kappa shape index (κ2) is 7.30. The van der Waals surface area contributed by atoms with E-state index in [1.807, 2.05) is 0 Å². The van der Waals surface area contributed by atoms with E-state index in [9.17, 15) is 18.0 Å². The van der Waals surface area contributed by atoms with E-state index in [4.69, 9.17) is 14.3 Å². The molecule has 1 aromatic carbocycles. The van der Waals surface area contributed by atoms with Crippen molar-refractivity contribution in [2.45, 2.75) is 16.8 Å². The van der Waals surface area contributed by atoms with Crippen molar-refractivity contribution in [3.63, 3.8) is 0 Å². The van der Waals surface area contributed by atoms with Crippen LogP contribution in [0.2, 0.25) is 0 Å². The topological polar surface area (TPSA) is 114 Å². The van der Waals surface area contributed by atoms with E-state index in [2.05, 4.69) is 0 Å². The minimum Gasteiger partial charge on any atom is -0.479 e. The predicted octanol–water partition coefficient (Wildman–Crippen LogP) is 1.18. The smallest absolute Gasteiger partial charge is 0.334 e. The second-order valence-electron chi connectivity index (χ2n) is 5.80. The number of carbonyl (C=O) groups excluding carboxylic acids is 1. The number of benzene rings is 1. The van der Waals surface area contributed by atoms with Crippen LogP contribution in [0, 0.1) is 0 Å². The van der Waals surface area contributed by atoms with E-state index >= 15 is 0 Å². The molecule has 0 saturated carbocycles. The maximum absolute atomic E-state index is 12.7. The maximum Gasteiger partial charge on any atom is 0.334 e. The molecule has 1 amide bonds. The molecular weight excluding hydrogens is 362 g/mol. The Kier molecular flexibility index (Phi) is 5.10. The van der Waals surface area contributed by atoms with E-state index in [-0.39, 0.29) is 41.7 Å². The van der Waals surface area contributed by atoms with Crippen molar-refractivity contribution in [1.29, 1.82) is 0 Å². The number of carboxylic acids is 1. The van der Waals surface area contributed by atoms with Crippen molar-refractivity contribution in [2.24, 2.45) is 0 Å². The molecule has 9 heteroatoms. The van der Waals surface area contributed by atoms with Crippen molar-refractivity contribution in [2.75, 3.05) is 19.7 Å². The van der Waals surface area contributed by atoms with Gasteiger partial charge in [0.25, 0.3) is 5.91 Å². The van der Waals surface area contributed by atoms with Gasteiger partial charge < -0.3 is 19.2 Å². The minimum atomic E-state index is -3.64. The highest BCUT2D eigenvalue weighted by Crippen LogP contribution is 2.22. The third kappa shape index (κ3) is 3.78. The molecule has 1 fully saturated rings. The summed E-state index contributed by atoms with van der Waals surface area (Å²) in [7, 11) is -3.64. The standard InChI is InChI=1S/C17H17NO7S/c19-16(18-7-9-24-14(10-18)17(20)21)15-12(6-8-25-15)11-26(22,23)13-4-2-1-3-5-13/h1-6,8,14H,7,9-11H2,(H,20,21). The normalized spacial score (nSPS) is 17.8. The zero-order valence-electron chi connectivity index (χ0n) is 13.7. The number of amides is 1. The average molecular weight is 379 g/mol. The number of carboxylic acid groups (broad SMARTS) is 1. The summed E-state index contributed by atoms with van der Waals surface area (Å²) in [5.74, 6) is -2.20. The minimum absolute atomic E-state index is 0.0844. The van der Waals surface area contributed by atoms with Crippen LogP contribution in [-0.2, 0) is 25.1 Å². The van der Waals surface area contributed by atoms with Gasteiger partial charge in [-0.2, -0.15) is 0 Å². The number of hydrogen-bond donors (Lipinski definition) is 1. The molecule has 0 spiro atoms. The highest BCUT2D eigenvalue weighted by Gasteiger charge is 2.32. The lowest BCUT2D eigenvalue weighted by Gasteiger charge is -2.30. The molecular formula is C17H17NO7S. The fourth-order valence-corrected chi connectivity index (χ4v) is 4.05. The van der Waals surface area contributed by atoms with Crippen LogP contribution in [0.1, 0.15) is 16.1 Å². The number of morpholine rings is 1. The Morgan fingerprint density at radius 3 is 2.62 bits per heavy atom. The van der Waals surface area contributed by atoms with Gasteiger partial charge in [-0.25, -0.2) is 13.2 Å². The first-order chi connectivity index (χ1) is 12.4. The number of sulfone groups is 1. The summed E-state index contributed by atoms with van der Waals surface area (Å²) in [5, 5.41) is 9.04. The lowest BCUT2D eigenvalue weighted by molar-refractivity contribution is -0.154. The van der Waals surface area contributed by atoms with Gasteiger partial charge in [-0.3, -0.25) is 4.79 Å². The monoisotopic (exact) mass is 379 g/mol. The molecule has 0 radical (unpaired) electrons. The van der Waals surface area contributed by atoms with E-state index in [0.717, 1.165) is 0 Å². The van der Waals surface area contributed by atoms with Gasteiger partial charge in [0.1, 0.15) is 0 Å². The molecule has 0 bridgehead atoms. The van der Waals surface area contributed by atoms with Crippen LogP contribution in [0.5, 0.6) is 0 Å². The third-order valence-electron chi connectivity index (χ3n) is 4.02. The van der Waals surface area contributed by atoms with Crippen LogP contribution < -0.4 is 0 Å². The van der Waals surface area contributed by atoms with Crippen LogP contribution in [0.15, 0.2) is 52.0 Å². The summed E-state index contributed by atoms with van der Waals surface area (Å²) in [6.07, 6.45) is 0.136. The lowest BCUT2D eigenvalue weighted by Crippen LogP contribution is -2.48. The van der Waals surface area contributed by atoms with Gasteiger partial charge >= 0.3 is 5.97 Å². The summed E-state index contributed by atoms with van der Waals surface area (Å²) < 4.78 is 35.4. The SMILES string of the molecule is O=C(O)C1CN(C(=O)c2occc2CS(=O)(=O)c2ccccc2)CCO1. The molecule has 3 rings (SSSR count). The van der Waals surface area contributed by atoms with Crippen LogP contribution in [-0.4, -0.2) is 56.1 Å². The summed E-state index contributed by atoms with van der Waals surface area (Å²) in [6, 6.07) is 9.35. The number of aliphatic carboxylic acids is 1. The number of rotatable bonds is 5. The van der Waals surface area contributed by atoms with E-state index in [0.29, 0.717) is 0 Å². The molecule has 1 atom stereocenters. The molecule has 26 heavy (non-hydrogen) atoms. The van der Waals surface area contributed by atoms with Gasteiger partial charge in [-0.05, 0) is 18.2 Å². The summed E-state index contributed by atoms with van der Waals surface area (Å²) >= 11 is 0. The van der Waals surface area contributed by atoms with E-state index in [1.54, 1.807) is 18.2 Å². The zero-order chi connectivity index (χ0) is 18.7. The molecule has 1 aliphatic rings. The first kappa shape index (κ1) is 18.2. The number of carbonyl (C=O) groups is 2. The van der Waals surface area contributed by atoms with Gasteiger partial charge in [-0.15, -0.1) is 0 Å². The Hall–Kier alpha value is -2.65. The number of nitrogens with zero attached hydrogens (tertiary/aromatic N) is 1. The Bertz CT molecular complexity index is 904. The lowest BCUT2D eigenvalue weighted by atomic mass is 10.2. The maximum atomic E-state index is 12.7. The molecule has 2 heterocycles. The number of hydrogen-bond acceptors (Lipinski definition) is 6. The van der Waals surface area contributed by atoms with Crippen molar-refractivity contribution < 1.29 is 32.3 Å². The van der Waals surface area contributed by atoms with Gasteiger partial charge in [0.15, 0.2) is 21.7 Å². The van der Waals surface area contributed by atoms with Crippen molar-refractivity contribution in [3.05, 3.63) is 54.0 Å². The van der Waals surface area contributed by atoms with Gasteiger partial charge in [0.2, 0.25) is 0 Å². The molecule has 1 aromatic heterocycles. The van der Waals surface area contributed by atoms with E-state index in [1.165, 1.54) is 29.4 Å². The molecule has 1 N–H and O–H groups in total. The third-order valence-corrected chi connectivity index (χ3v) is 5.70. The quantitative estimate of drug-likeness (QED) is 0.829. The number of ether oxygens (including phenoxy) is 1. The predicted molar refractivity (Wildman–Crippen MR) is 89.3 cm³/mol. The Balaban J connectivity index is 1.80. The van der Waals surface area contributed by atoms with Crippen molar-refractivity contribution in [1.82, 2.24) is 4.90 Å². The molecule has 1 aliphatic heterocycles. The Morgan fingerprint density at radius 2 is 1.92 bits per heavy atom. The molecule has 0 aliphatic carbocycles. The van der Waals surface area contributed by atoms with Crippen LogP contribution in [0.3, 0.4) is 0 Å². The fraction of sp³-hybridized carbons (Fsp3) is 0.294. The molecule has 1 saturated heterocycles. The summed E-state index contributed by atoms with van der Waals surface area (Å²) in [6.45, 7) is 0.162. The summed E-state index contributed by atoms with van der Waals surface area (Å²) in [4.78, 5) is 25.2. The highest BCUT2D eigenvalue weighted by molar-refractivity contribution is 7.90. The van der Waals surface area contributed by atoms with Gasteiger partial charge in [-0.1, -0.05) is 18.2 Å². The van der Waals surface area contributed by atoms with Crippen LogP contribution >= 0.6 is 0 Å². The van der Waals surface area contributed by atoms with Crippen molar-refractivity contribution in [3.8, 4) is 0 Å². The first-order valence-electron chi connectivity index (χ1n) is 7.86. The Morgan fingerprint density at radius 1 is 1.19 bits per heavy atom. The van der Waals surface area contributed by atoms with E-state index < -0.39 is 27.8 Å². The van der Waals surface area contributed by atoms with Gasteiger partial charge in [0, 0.05) is 12.1 Å². The average Bonchev–Trinajstić information content (AvgIpc) is 3.09. The largest absolute Gasteiger partial charge is 0.479 e. The van der Waals surface area contributed by atoms with Crippen molar-refractivity contribution >= 4 is 21.7 Å². The molecule has 2 aromatic rings. The molecule has 138 valence electrons. The summed E-state index contributed by atoms with van der Waals surface area (Å²) in [5.41, 5.74) is 0.234. The van der Waals surface area contributed by atoms with Gasteiger partial charge in [0.05, 0.1) is 30.1 Å². The van der Waals surface area contributed by atoms with Crippen LogP contribution in [0.4, 0.5) is 0 Å². The zero-order valence-corrected chi connectivity index (χ0v) is 14.5. The highest BCUT2D eigenvalue weighted by atomic mass is 32.2.